The standard InChI is InChI=1S/C15H14N4O2/c1-2-12(11-6-4-3-5-7-11)17-15-9-8-14(19(20)21)13(10-16)18-15/h3-9,12H,2H2,1H3,(H,17,18). The molecule has 1 aromatic heterocycles. The van der Waals surface area contributed by atoms with Crippen molar-refractivity contribution in [2.75, 3.05) is 5.32 Å². The third-order valence-electron chi connectivity index (χ3n) is 3.11. The summed E-state index contributed by atoms with van der Waals surface area (Å²) in [6, 6.07) is 14.4. The Hall–Kier alpha value is -2.94. The highest BCUT2D eigenvalue weighted by molar-refractivity contribution is 5.51. The molecule has 0 fully saturated rings. The Morgan fingerprint density at radius 3 is 2.62 bits per heavy atom. The van der Waals surface area contributed by atoms with Gasteiger partial charge in [-0.1, -0.05) is 37.3 Å². The Bertz CT molecular complexity index is 680. The maximum absolute atomic E-state index is 10.8. The molecule has 21 heavy (non-hydrogen) atoms. The van der Waals surface area contributed by atoms with Gasteiger partial charge in [0.05, 0.1) is 11.0 Å². The number of nitrogens with one attached hydrogen (secondary N) is 1. The van der Waals surface area contributed by atoms with Crippen molar-refractivity contribution >= 4 is 11.5 Å². The largest absolute Gasteiger partial charge is 0.363 e. The topological polar surface area (TPSA) is 91.9 Å². The Morgan fingerprint density at radius 2 is 2.05 bits per heavy atom. The van der Waals surface area contributed by atoms with Gasteiger partial charge in [-0.05, 0) is 18.1 Å². The number of rotatable bonds is 5. The number of anilines is 1. The zero-order chi connectivity index (χ0) is 15.2. The van der Waals surface area contributed by atoms with Crippen LogP contribution in [0.25, 0.3) is 0 Å². The number of nitro groups is 1. The first-order chi connectivity index (χ1) is 10.2. The SMILES string of the molecule is CCC(Nc1ccc([N+](=O)[O-])c(C#N)n1)c1ccccc1. The number of aromatic nitrogens is 1. The second-order valence-corrected chi connectivity index (χ2v) is 4.45. The van der Waals surface area contributed by atoms with Gasteiger partial charge in [-0.15, -0.1) is 0 Å². The molecular formula is C15H14N4O2. The van der Waals surface area contributed by atoms with Crippen LogP contribution in [0.3, 0.4) is 0 Å². The van der Waals surface area contributed by atoms with Gasteiger partial charge in [-0.25, -0.2) is 4.98 Å². The van der Waals surface area contributed by atoms with Gasteiger partial charge in [-0.3, -0.25) is 10.1 Å². The molecule has 1 unspecified atom stereocenters. The van der Waals surface area contributed by atoms with Crippen LogP contribution >= 0.6 is 0 Å². The summed E-state index contributed by atoms with van der Waals surface area (Å²) < 4.78 is 0. The van der Waals surface area contributed by atoms with E-state index in [2.05, 4.69) is 10.3 Å². The lowest BCUT2D eigenvalue weighted by molar-refractivity contribution is -0.385. The highest BCUT2D eigenvalue weighted by Crippen LogP contribution is 2.24. The summed E-state index contributed by atoms with van der Waals surface area (Å²) in [5, 5.41) is 22.9. The molecule has 0 bridgehead atoms. The first kappa shape index (κ1) is 14.5. The average molecular weight is 282 g/mol. The maximum Gasteiger partial charge on any atom is 0.305 e. The number of hydrogen-bond donors (Lipinski definition) is 1. The molecular weight excluding hydrogens is 268 g/mol. The van der Waals surface area contributed by atoms with Crippen molar-refractivity contribution < 1.29 is 4.92 Å². The number of nitriles is 1. The number of pyridine rings is 1. The van der Waals surface area contributed by atoms with Crippen molar-refractivity contribution in [3.63, 3.8) is 0 Å². The van der Waals surface area contributed by atoms with Crippen LogP contribution in [0.4, 0.5) is 11.5 Å². The summed E-state index contributed by atoms with van der Waals surface area (Å²) in [4.78, 5) is 14.2. The molecule has 0 amide bonds. The molecule has 1 heterocycles. The van der Waals surface area contributed by atoms with E-state index in [9.17, 15) is 10.1 Å². The van der Waals surface area contributed by atoms with Crippen LogP contribution in [0.1, 0.15) is 30.6 Å². The molecule has 6 heteroatoms. The molecule has 106 valence electrons. The minimum atomic E-state index is -0.607. The predicted octanol–water partition coefficient (Wildman–Crippen LogP) is 3.42. The highest BCUT2D eigenvalue weighted by Gasteiger charge is 2.17. The van der Waals surface area contributed by atoms with Gasteiger partial charge in [0.25, 0.3) is 0 Å². The quantitative estimate of drug-likeness (QED) is 0.670. The number of benzene rings is 1. The molecule has 0 aliphatic heterocycles. The molecule has 1 aromatic carbocycles. The van der Waals surface area contributed by atoms with E-state index in [1.54, 1.807) is 6.07 Å². The van der Waals surface area contributed by atoms with E-state index in [-0.39, 0.29) is 17.4 Å². The first-order valence-electron chi connectivity index (χ1n) is 6.52. The molecule has 0 spiro atoms. The molecule has 0 radical (unpaired) electrons. The lowest BCUT2D eigenvalue weighted by Gasteiger charge is -2.18. The monoisotopic (exact) mass is 282 g/mol. The normalized spacial score (nSPS) is 11.4. The summed E-state index contributed by atoms with van der Waals surface area (Å²) in [5.74, 6) is 0.452. The summed E-state index contributed by atoms with van der Waals surface area (Å²) in [7, 11) is 0. The minimum Gasteiger partial charge on any atom is -0.363 e. The molecule has 1 N–H and O–H groups in total. The van der Waals surface area contributed by atoms with Gasteiger partial charge >= 0.3 is 5.69 Å². The van der Waals surface area contributed by atoms with Crippen LogP contribution in [-0.4, -0.2) is 9.91 Å². The Kier molecular flexibility index (Phi) is 4.46. The zero-order valence-electron chi connectivity index (χ0n) is 11.5. The van der Waals surface area contributed by atoms with Gasteiger partial charge in [-0.2, -0.15) is 5.26 Å². The van der Waals surface area contributed by atoms with Gasteiger partial charge in [0.15, 0.2) is 0 Å². The molecule has 0 aliphatic rings. The lowest BCUT2D eigenvalue weighted by Crippen LogP contribution is -2.11. The van der Waals surface area contributed by atoms with Crippen molar-refractivity contribution in [3.8, 4) is 6.07 Å². The number of nitrogens with zero attached hydrogens (tertiary/aromatic N) is 3. The van der Waals surface area contributed by atoms with E-state index >= 15 is 0 Å². The van der Waals surface area contributed by atoms with Crippen LogP contribution in [-0.2, 0) is 0 Å². The van der Waals surface area contributed by atoms with Crippen molar-refractivity contribution in [2.45, 2.75) is 19.4 Å². The second kappa shape index (κ2) is 6.48. The number of hydrogen-bond acceptors (Lipinski definition) is 5. The minimum absolute atomic E-state index is 0.0340. The molecule has 6 nitrogen and oxygen atoms in total. The highest BCUT2D eigenvalue weighted by atomic mass is 16.6. The van der Waals surface area contributed by atoms with E-state index in [1.807, 2.05) is 37.3 Å². The molecule has 1 atom stereocenters. The van der Waals surface area contributed by atoms with Crippen molar-refractivity contribution in [1.29, 1.82) is 5.26 Å². The van der Waals surface area contributed by atoms with E-state index < -0.39 is 4.92 Å². The van der Waals surface area contributed by atoms with Gasteiger partial charge in [0.1, 0.15) is 11.9 Å². The van der Waals surface area contributed by atoms with Crippen LogP contribution in [0.15, 0.2) is 42.5 Å². The van der Waals surface area contributed by atoms with E-state index in [1.165, 1.54) is 12.1 Å². The third-order valence-corrected chi connectivity index (χ3v) is 3.11. The Balaban J connectivity index is 2.27. The van der Waals surface area contributed by atoms with Crippen LogP contribution in [0, 0.1) is 21.4 Å². The summed E-state index contributed by atoms with van der Waals surface area (Å²) in [5.41, 5.74) is 0.627. The first-order valence-corrected chi connectivity index (χ1v) is 6.52. The predicted molar refractivity (Wildman–Crippen MR) is 78.7 cm³/mol. The summed E-state index contributed by atoms with van der Waals surface area (Å²) in [6.45, 7) is 2.03. The van der Waals surface area contributed by atoms with Gasteiger partial charge in [0, 0.05) is 6.07 Å². The van der Waals surface area contributed by atoms with Crippen LogP contribution in [0.2, 0.25) is 0 Å². The Morgan fingerprint density at radius 1 is 1.33 bits per heavy atom. The summed E-state index contributed by atoms with van der Waals surface area (Å²) in [6.07, 6.45) is 0.824. The van der Waals surface area contributed by atoms with E-state index in [4.69, 9.17) is 5.26 Å². The van der Waals surface area contributed by atoms with Crippen LogP contribution in [0.5, 0.6) is 0 Å². The summed E-state index contributed by atoms with van der Waals surface area (Å²) >= 11 is 0. The molecule has 0 aliphatic carbocycles. The molecule has 2 rings (SSSR count). The van der Waals surface area contributed by atoms with Gasteiger partial charge < -0.3 is 5.32 Å². The third kappa shape index (κ3) is 3.34. The average Bonchev–Trinajstić information content (AvgIpc) is 2.53. The lowest BCUT2D eigenvalue weighted by atomic mass is 10.0. The van der Waals surface area contributed by atoms with Crippen LogP contribution < -0.4 is 5.32 Å². The Labute approximate surface area is 122 Å². The molecule has 0 saturated heterocycles. The molecule has 0 saturated carbocycles. The zero-order valence-corrected chi connectivity index (χ0v) is 11.5. The van der Waals surface area contributed by atoms with Crippen molar-refractivity contribution in [3.05, 3.63) is 63.8 Å². The molecule has 2 aromatic rings. The van der Waals surface area contributed by atoms with Gasteiger partial charge in [0.2, 0.25) is 5.69 Å². The van der Waals surface area contributed by atoms with Crippen molar-refractivity contribution in [2.24, 2.45) is 0 Å². The second-order valence-electron chi connectivity index (χ2n) is 4.45. The maximum atomic E-state index is 10.8. The van der Waals surface area contributed by atoms with E-state index in [0.29, 0.717) is 5.82 Å². The smallest absolute Gasteiger partial charge is 0.305 e. The fraction of sp³-hybridized carbons (Fsp3) is 0.200. The fourth-order valence-corrected chi connectivity index (χ4v) is 2.05. The van der Waals surface area contributed by atoms with E-state index in [0.717, 1.165) is 12.0 Å². The van der Waals surface area contributed by atoms with Crippen molar-refractivity contribution in [1.82, 2.24) is 4.98 Å². The fourth-order valence-electron chi connectivity index (χ4n) is 2.05.